The smallest absolute Gasteiger partial charge is 0.188 e. The van der Waals surface area contributed by atoms with Crippen molar-refractivity contribution in [2.45, 2.75) is 39.5 Å². The molecule has 7 rings (SSSR count). The summed E-state index contributed by atoms with van der Waals surface area (Å²) < 4.78 is 9.05. The first-order valence-corrected chi connectivity index (χ1v) is 15.3. The van der Waals surface area contributed by atoms with Gasteiger partial charge in [-0.1, -0.05) is 48.2 Å². The fraction of sp³-hybridized carbons (Fsp3) is 0.250. The van der Waals surface area contributed by atoms with Crippen molar-refractivity contribution >= 4 is 73.6 Å². The molecule has 3 heterocycles. The van der Waals surface area contributed by atoms with Crippen molar-refractivity contribution in [3.8, 4) is 10.4 Å². The highest BCUT2D eigenvalue weighted by atomic mass is 32.1. The van der Waals surface area contributed by atoms with E-state index in [0.717, 1.165) is 64.2 Å². The Hall–Kier alpha value is -4.08. The third-order valence-electron chi connectivity index (χ3n) is 8.06. The zero-order chi connectivity index (χ0) is 28.1. The third kappa shape index (κ3) is 4.59. The quantitative estimate of drug-likeness (QED) is 0.211. The number of fused-ring (bicyclic) bond motifs is 2. The van der Waals surface area contributed by atoms with Gasteiger partial charge in [0, 0.05) is 39.8 Å². The summed E-state index contributed by atoms with van der Waals surface area (Å²) in [7, 11) is 0. The Labute approximate surface area is 245 Å². The number of hydrogen-bond acceptors (Lipinski definition) is 9. The second kappa shape index (κ2) is 10.4. The molecule has 0 spiro atoms. The van der Waals surface area contributed by atoms with E-state index in [9.17, 15) is 9.59 Å². The molecule has 2 saturated carbocycles. The van der Waals surface area contributed by atoms with Gasteiger partial charge in [-0.3, -0.25) is 9.59 Å². The van der Waals surface area contributed by atoms with Gasteiger partial charge in [-0.15, -0.1) is 11.3 Å². The number of Topliss-reactive ketones (excluding diaryl/α,β-unsaturated/α-hetero) is 2. The van der Waals surface area contributed by atoms with Crippen LogP contribution in [-0.4, -0.2) is 31.0 Å². The average molecular weight is 578 g/mol. The SMILES string of the molecule is Cc1ccc(N(c2ccc(C)cc2)c2ccc(-c3cnc(N=C4C(=O)C5CCCCC5C4=O)c4nsnc34)s2)cc1. The highest BCUT2D eigenvalue weighted by Gasteiger charge is 2.47. The first-order valence-electron chi connectivity index (χ1n) is 13.8. The van der Waals surface area contributed by atoms with Crippen molar-refractivity contribution in [3.05, 3.63) is 78.0 Å². The molecule has 0 radical (unpaired) electrons. The zero-order valence-electron chi connectivity index (χ0n) is 22.7. The molecular weight excluding hydrogens is 551 g/mol. The van der Waals surface area contributed by atoms with Gasteiger partial charge in [0.1, 0.15) is 16.0 Å². The van der Waals surface area contributed by atoms with Gasteiger partial charge in [-0.05, 0) is 63.1 Å². The molecule has 0 N–H and O–H groups in total. The third-order valence-corrected chi connectivity index (χ3v) is 9.69. The highest BCUT2D eigenvalue weighted by molar-refractivity contribution is 7.19. The van der Waals surface area contributed by atoms with Crippen molar-refractivity contribution in [1.82, 2.24) is 13.7 Å². The summed E-state index contributed by atoms with van der Waals surface area (Å²) in [6.07, 6.45) is 5.22. The van der Waals surface area contributed by atoms with Crippen molar-refractivity contribution < 1.29 is 9.59 Å². The first-order chi connectivity index (χ1) is 20.0. The molecule has 41 heavy (non-hydrogen) atoms. The predicted octanol–water partition coefficient (Wildman–Crippen LogP) is 7.93. The average Bonchev–Trinajstić information content (AvgIpc) is 3.73. The molecule has 2 aliphatic carbocycles. The number of carbonyl (C=O) groups excluding carboxylic acids is 2. The lowest BCUT2D eigenvalue weighted by atomic mass is 9.81. The Morgan fingerprint density at radius 2 is 1.37 bits per heavy atom. The van der Waals surface area contributed by atoms with E-state index >= 15 is 0 Å². The van der Waals surface area contributed by atoms with Crippen LogP contribution in [0.25, 0.3) is 21.5 Å². The number of benzene rings is 2. The van der Waals surface area contributed by atoms with Crippen LogP contribution in [0.2, 0.25) is 0 Å². The molecule has 0 saturated heterocycles. The number of rotatable bonds is 5. The van der Waals surface area contributed by atoms with Gasteiger partial charge in [0.15, 0.2) is 23.1 Å². The van der Waals surface area contributed by atoms with Gasteiger partial charge in [0.2, 0.25) is 0 Å². The molecule has 204 valence electrons. The van der Waals surface area contributed by atoms with Gasteiger partial charge in [-0.2, -0.15) is 8.75 Å². The number of hydrogen-bond donors (Lipinski definition) is 0. The van der Waals surface area contributed by atoms with Crippen molar-refractivity contribution in [2.75, 3.05) is 4.90 Å². The van der Waals surface area contributed by atoms with Crippen LogP contribution in [0, 0.1) is 25.7 Å². The second-order valence-electron chi connectivity index (χ2n) is 10.8. The van der Waals surface area contributed by atoms with E-state index in [0.29, 0.717) is 11.0 Å². The Morgan fingerprint density at radius 1 is 0.780 bits per heavy atom. The van der Waals surface area contributed by atoms with Gasteiger partial charge in [-0.25, -0.2) is 9.98 Å². The van der Waals surface area contributed by atoms with Gasteiger partial charge in [0.25, 0.3) is 0 Å². The molecule has 5 aromatic rings. The van der Waals surface area contributed by atoms with Crippen LogP contribution >= 0.6 is 23.1 Å². The van der Waals surface area contributed by atoms with Gasteiger partial charge in [0.05, 0.1) is 11.7 Å². The molecule has 3 aromatic heterocycles. The van der Waals surface area contributed by atoms with E-state index in [-0.39, 0.29) is 34.9 Å². The molecule has 2 aliphatic rings. The molecule has 2 unspecified atom stereocenters. The zero-order valence-corrected chi connectivity index (χ0v) is 24.3. The Morgan fingerprint density at radius 3 is 1.98 bits per heavy atom. The molecule has 2 atom stereocenters. The largest absolute Gasteiger partial charge is 0.302 e. The summed E-state index contributed by atoms with van der Waals surface area (Å²) in [5.74, 6) is -0.458. The van der Waals surface area contributed by atoms with Crippen molar-refractivity contribution in [1.29, 1.82) is 0 Å². The van der Waals surface area contributed by atoms with E-state index in [4.69, 9.17) is 0 Å². The van der Waals surface area contributed by atoms with Crippen LogP contribution in [0.1, 0.15) is 36.8 Å². The number of aryl methyl sites for hydroxylation is 2. The van der Waals surface area contributed by atoms with Crippen molar-refractivity contribution in [3.63, 3.8) is 0 Å². The number of ketones is 2. The second-order valence-corrected chi connectivity index (χ2v) is 12.4. The summed E-state index contributed by atoms with van der Waals surface area (Å²) in [4.78, 5) is 38.4. The minimum Gasteiger partial charge on any atom is -0.302 e. The lowest BCUT2D eigenvalue weighted by molar-refractivity contribution is -0.120. The molecule has 0 amide bonds. The van der Waals surface area contributed by atoms with Gasteiger partial charge >= 0.3 is 0 Å². The Balaban J connectivity index is 1.27. The number of aliphatic imine (C=N–C) groups is 1. The summed E-state index contributed by atoms with van der Waals surface area (Å²) in [5, 5.41) is 1.05. The van der Waals surface area contributed by atoms with Crippen LogP contribution in [0.5, 0.6) is 0 Å². The van der Waals surface area contributed by atoms with E-state index < -0.39 is 0 Å². The topological polar surface area (TPSA) is 88.4 Å². The standard InChI is InChI=1S/C32H27N5O2S2/c1-18-7-11-20(12-8-18)37(21-13-9-19(2)10-14-21)26-16-15-25(40-26)24-17-33-32(28-27(24)35-41-36-28)34-29-30(38)22-5-3-4-6-23(22)31(29)39/h7-17,22-23H,3-6H2,1-2H3. The fourth-order valence-electron chi connectivity index (χ4n) is 5.85. The Bertz CT molecular complexity index is 1750. The summed E-state index contributed by atoms with van der Waals surface area (Å²) >= 11 is 2.72. The first kappa shape index (κ1) is 25.9. The maximum Gasteiger partial charge on any atom is 0.188 e. The monoisotopic (exact) mass is 577 g/mol. The molecule has 2 fully saturated rings. The summed E-state index contributed by atoms with van der Waals surface area (Å²) in [6.45, 7) is 4.17. The molecule has 2 aromatic carbocycles. The fourth-order valence-corrected chi connectivity index (χ4v) is 7.47. The Kier molecular flexibility index (Phi) is 6.55. The highest BCUT2D eigenvalue weighted by Crippen LogP contribution is 2.44. The molecular formula is C32H27N5O2S2. The van der Waals surface area contributed by atoms with Crippen LogP contribution in [0.4, 0.5) is 22.2 Å². The maximum atomic E-state index is 13.0. The van der Waals surface area contributed by atoms with E-state index in [2.05, 4.69) is 98.1 Å². The minimum atomic E-state index is -0.229. The van der Waals surface area contributed by atoms with Crippen LogP contribution < -0.4 is 4.90 Å². The predicted molar refractivity (Wildman–Crippen MR) is 165 cm³/mol. The summed E-state index contributed by atoms with van der Waals surface area (Å²) in [6, 6.07) is 21.2. The molecule has 9 heteroatoms. The number of thiophene rings is 1. The molecule has 0 bridgehead atoms. The van der Waals surface area contributed by atoms with E-state index in [1.54, 1.807) is 17.5 Å². The van der Waals surface area contributed by atoms with E-state index in [1.807, 2.05) is 0 Å². The van der Waals surface area contributed by atoms with Crippen molar-refractivity contribution in [2.24, 2.45) is 16.8 Å². The van der Waals surface area contributed by atoms with Crippen LogP contribution in [-0.2, 0) is 9.59 Å². The lowest BCUT2D eigenvalue weighted by Gasteiger charge is -2.24. The van der Waals surface area contributed by atoms with Gasteiger partial charge < -0.3 is 4.90 Å². The van der Waals surface area contributed by atoms with Crippen LogP contribution in [0.15, 0.2) is 71.9 Å². The number of anilines is 3. The van der Waals surface area contributed by atoms with E-state index in [1.165, 1.54) is 11.1 Å². The number of aromatic nitrogens is 3. The minimum absolute atomic E-state index is 0.0293. The molecule has 7 nitrogen and oxygen atoms in total. The van der Waals surface area contributed by atoms with Crippen LogP contribution in [0.3, 0.4) is 0 Å². The summed E-state index contributed by atoms with van der Waals surface area (Å²) in [5.41, 5.74) is 6.62. The number of carbonyl (C=O) groups is 2. The molecule has 0 aliphatic heterocycles. The number of pyridine rings is 1. The number of nitrogens with zero attached hydrogens (tertiary/aromatic N) is 5. The maximum absolute atomic E-state index is 13.0. The normalized spacial score (nSPS) is 18.6. The lowest BCUT2D eigenvalue weighted by Crippen LogP contribution is -2.21.